The van der Waals surface area contributed by atoms with Crippen LogP contribution in [0.25, 0.3) is 0 Å². The van der Waals surface area contributed by atoms with Crippen LogP contribution < -0.4 is 10.2 Å². The third-order valence-corrected chi connectivity index (χ3v) is 6.10. The van der Waals surface area contributed by atoms with E-state index in [1.165, 1.54) is 29.8 Å². The third kappa shape index (κ3) is 3.26. The maximum absolute atomic E-state index is 6.46. The number of hydrogen-bond acceptors (Lipinski definition) is 3. The van der Waals surface area contributed by atoms with Crippen molar-refractivity contribution in [2.24, 2.45) is 0 Å². The van der Waals surface area contributed by atoms with Crippen molar-refractivity contribution < 1.29 is 0 Å². The van der Waals surface area contributed by atoms with Gasteiger partial charge in [-0.3, -0.25) is 0 Å². The Morgan fingerprint density at radius 2 is 2.15 bits per heavy atom. The topological polar surface area (TPSA) is 15.3 Å². The van der Waals surface area contributed by atoms with Gasteiger partial charge in [-0.2, -0.15) is 11.8 Å². The molecule has 0 radical (unpaired) electrons. The van der Waals surface area contributed by atoms with E-state index >= 15 is 0 Å². The zero-order valence-corrected chi connectivity index (χ0v) is 13.8. The molecule has 2 aliphatic rings. The van der Waals surface area contributed by atoms with E-state index in [-0.39, 0.29) is 0 Å². The summed E-state index contributed by atoms with van der Waals surface area (Å²) < 4.78 is 0. The van der Waals surface area contributed by atoms with Crippen LogP contribution in [0.4, 0.5) is 5.69 Å². The average molecular weight is 311 g/mol. The van der Waals surface area contributed by atoms with Crippen LogP contribution in [0.5, 0.6) is 0 Å². The average Bonchev–Trinajstić information content (AvgIpc) is 3.25. The number of nitrogens with one attached hydrogen (secondary N) is 1. The monoisotopic (exact) mass is 310 g/mol. The minimum atomic E-state index is 0.570. The van der Waals surface area contributed by atoms with E-state index < -0.39 is 0 Å². The van der Waals surface area contributed by atoms with Gasteiger partial charge in [0.1, 0.15) is 0 Å². The standard InChI is InChI=1S/C16H23ClN2S/c1-11-12(2)20-8-7-19(11)15-6-3-13(16(17)9-15)10-18-14-4-5-14/h3,6,9,11-12,14,18H,4-5,7-8,10H2,1-2H3. The molecule has 0 spiro atoms. The minimum absolute atomic E-state index is 0.570. The van der Waals surface area contributed by atoms with Crippen molar-refractivity contribution in [2.45, 2.75) is 50.6 Å². The van der Waals surface area contributed by atoms with E-state index in [4.69, 9.17) is 11.6 Å². The van der Waals surface area contributed by atoms with Gasteiger partial charge >= 0.3 is 0 Å². The zero-order chi connectivity index (χ0) is 14.1. The summed E-state index contributed by atoms with van der Waals surface area (Å²) in [5.74, 6) is 1.20. The van der Waals surface area contributed by atoms with E-state index in [1.54, 1.807) is 0 Å². The van der Waals surface area contributed by atoms with Gasteiger partial charge in [-0.1, -0.05) is 24.6 Å². The molecule has 20 heavy (non-hydrogen) atoms. The number of halogens is 1. The van der Waals surface area contributed by atoms with Crippen molar-refractivity contribution in [3.63, 3.8) is 0 Å². The highest BCUT2D eigenvalue weighted by atomic mass is 35.5. The van der Waals surface area contributed by atoms with Crippen molar-refractivity contribution in [1.82, 2.24) is 5.32 Å². The molecule has 2 atom stereocenters. The Hall–Kier alpha value is -0.380. The lowest BCUT2D eigenvalue weighted by Crippen LogP contribution is -2.44. The summed E-state index contributed by atoms with van der Waals surface area (Å²) in [5.41, 5.74) is 2.49. The van der Waals surface area contributed by atoms with Crippen LogP contribution in [0.2, 0.25) is 5.02 Å². The summed E-state index contributed by atoms with van der Waals surface area (Å²) in [6, 6.07) is 7.86. The molecular weight excluding hydrogens is 288 g/mol. The summed E-state index contributed by atoms with van der Waals surface area (Å²) >= 11 is 8.53. The van der Waals surface area contributed by atoms with Gasteiger partial charge in [0.25, 0.3) is 0 Å². The fourth-order valence-electron chi connectivity index (χ4n) is 2.70. The van der Waals surface area contributed by atoms with E-state index in [0.717, 1.165) is 24.2 Å². The first-order valence-corrected chi connectivity index (χ1v) is 8.98. The predicted molar refractivity (Wildman–Crippen MR) is 90.0 cm³/mol. The Bertz CT molecular complexity index is 476. The molecule has 1 aromatic rings. The predicted octanol–water partition coefficient (Wildman–Crippen LogP) is 3.92. The molecule has 1 aromatic carbocycles. The lowest BCUT2D eigenvalue weighted by Gasteiger charge is -2.39. The Morgan fingerprint density at radius 3 is 2.85 bits per heavy atom. The molecule has 1 aliphatic heterocycles. The molecule has 110 valence electrons. The molecule has 1 saturated heterocycles. The number of anilines is 1. The summed E-state index contributed by atoms with van der Waals surface area (Å²) in [4.78, 5) is 2.49. The molecule has 3 rings (SSSR count). The molecule has 1 saturated carbocycles. The maximum atomic E-state index is 6.46. The third-order valence-electron chi connectivity index (χ3n) is 4.41. The van der Waals surface area contributed by atoms with Gasteiger partial charge in [-0.15, -0.1) is 0 Å². The van der Waals surface area contributed by atoms with Gasteiger partial charge < -0.3 is 10.2 Å². The molecule has 1 heterocycles. The van der Waals surface area contributed by atoms with Crippen LogP contribution in [0.3, 0.4) is 0 Å². The van der Waals surface area contributed by atoms with E-state index in [1.807, 2.05) is 0 Å². The van der Waals surface area contributed by atoms with E-state index in [9.17, 15) is 0 Å². The molecule has 1 N–H and O–H groups in total. The second-order valence-corrected chi connectivity index (χ2v) is 7.83. The van der Waals surface area contributed by atoms with Crippen LogP contribution in [0.15, 0.2) is 18.2 Å². The van der Waals surface area contributed by atoms with Gasteiger partial charge in [-0.25, -0.2) is 0 Å². The highest BCUT2D eigenvalue weighted by Crippen LogP contribution is 2.31. The normalized spacial score (nSPS) is 26.9. The molecule has 2 fully saturated rings. The van der Waals surface area contributed by atoms with Crippen LogP contribution in [0.1, 0.15) is 32.3 Å². The second kappa shape index (κ2) is 6.17. The van der Waals surface area contributed by atoms with Gasteiger partial charge in [-0.05, 0) is 37.5 Å². The first-order chi connectivity index (χ1) is 9.65. The Kier molecular flexibility index (Phi) is 4.49. The largest absolute Gasteiger partial charge is 0.367 e. The van der Waals surface area contributed by atoms with Crippen LogP contribution in [-0.4, -0.2) is 29.6 Å². The maximum Gasteiger partial charge on any atom is 0.0471 e. The minimum Gasteiger partial charge on any atom is -0.367 e. The first-order valence-electron chi connectivity index (χ1n) is 7.55. The molecule has 2 unspecified atom stereocenters. The number of hydrogen-bond donors (Lipinski definition) is 1. The molecule has 2 nitrogen and oxygen atoms in total. The van der Waals surface area contributed by atoms with Crippen molar-refractivity contribution in [3.05, 3.63) is 28.8 Å². The smallest absolute Gasteiger partial charge is 0.0471 e. The molecule has 1 aliphatic carbocycles. The lowest BCUT2D eigenvalue weighted by molar-refractivity contribution is 0.627. The van der Waals surface area contributed by atoms with Crippen molar-refractivity contribution in [2.75, 3.05) is 17.2 Å². The molecular formula is C16H23ClN2S. The fraction of sp³-hybridized carbons (Fsp3) is 0.625. The summed E-state index contributed by atoms with van der Waals surface area (Å²) in [5, 5.41) is 5.10. The summed E-state index contributed by atoms with van der Waals surface area (Å²) in [6.07, 6.45) is 2.63. The van der Waals surface area contributed by atoms with Crippen molar-refractivity contribution in [1.29, 1.82) is 0 Å². The van der Waals surface area contributed by atoms with Crippen molar-refractivity contribution in [3.8, 4) is 0 Å². The van der Waals surface area contributed by atoms with Crippen LogP contribution >= 0.6 is 23.4 Å². The molecule has 0 bridgehead atoms. The van der Waals surface area contributed by atoms with Gasteiger partial charge in [0, 0.05) is 46.9 Å². The quantitative estimate of drug-likeness (QED) is 0.907. The number of benzene rings is 1. The Balaban J connectivity index is 1.71. The van der Waals surface area contributed by atoms with Gasteiger partial charge in [0.05, 0.1) is 0 Å². The lowest BCUT2D eigenvalue weighted by atomic mass is 10.1. The van der Waals surface area contributed by atoms with Gasteiger partial charge in [0.15, 0.2) is 0 Å². The number of rotatable bonds is 4. The van der Waals surface area contributed by atoms with Crippen LogP contribution in [0, 0.1) is 0 Å². The first kappa shape index (κ1) is 14.6. The number of nitrogens with zero attached hydrogens (tertiary/aromatic N) is 1. The van der Waals surface area contributed by atoms with Crippen LogP contribution in [-0.2, 0) is 6.54 Å². The van der Waals surface area contributed by atoms with E-state index in [2.05, 4.69) is 54.0 Å². The highest BCUT2D eigenvalue weighted by molar-refractivity contribution is 8.00. The molecule has 0 amide bonds. The zero-order valence-electron chi connectivity index (χ0n) is 12.2. The second-order valence-electron chi connectivity index (χ2n) is 5.94. The highest BCUT2D eigenvalue weighted by Gasteiger charge is 2.26. The fourth-order valence-corrected chi connectivity index (χ4v) is 4.04. The Labute approximate surface area is 131 Å². The molecule has 0 aromatic heterocycles. The Morgan fingerprint density at radius 1 is 1.35 bits per heavy atom. The SMILES string of the molecule is CC1SCCN(c2ccc(CNC3CC3)c(Cl)c2)C1C. The van der Waals surface area contributed by atoms with Crippen molar-refractivity contribution >= 4 is 29.1 Å². The summed E-state index contributed by atoms with van der Waals surface area (Å²) in [7, 11) is 0. The number of thioether (sulfide) groups is 1. The van der Waals surface area contributed by atoms with E-state index in [0.29, 0.717) is 11.3 Å². The molecule has 4 heteroatoms. The van der Waals surface area contributed by atoms with Gasteiger partial charge in [0.2, 0.25) is 0 Å². The summed E-state index contributed by atoms with van der Waals surface area (Å²) in [6.45, 7) is 6.64.